The van der Waals surface area contributed by atoms with Gasteiger partial charge >= 0.3 is 6.18 Å². The van der Waals surface area contributed by atoms with E-state index in [0.29, 0.717) is 30.5 Å². The van der Waals surface area contributed by atoms with E-state index in [9.17, 15) is 13.2 Å². The minimum absolute atomic E-state index is 0. The Kier molecular flexibility index (Phi) is 8.36. The molecule has 24 heavy (non-hydrogen) atoms. The molecular formula is C13H17F3IN5S2. The summed E-state index contributed by atoms with van der Waals surface area (Å²) in [5.41, 5.74) is -0.834. The van der Waals surface area contributed by atoms with Crippen LogP contribution in [0.1, 0.15) is 20.6 Å². The first-order chi connectivity index (χ1) is 10.9. The molecule has 0 aliphatic rings. The number of hydrogen-bond donors (Lipinski definition) is 2. The second-order valence-corrected chi connectivity index (χ2v) is 6.85. The molecule has 11 heteroatoms. The Labute approximate surface area is 162 Å². The van der Waals surface area contributed by atoms with Gasteiger partial charge in [-0.3, -0.25) is 4.99 Å². The van der Waals surface area contributed by atoms with Crippen molar-refractivity contribution in [1.82, 2.24) is 20.6 Å². The van der Waals surface area contributed by atoms with Crippen LogP contribution in [0.3, 0.4) is 0 Å². The maximum Gasteiger partial charge on any atom is 0.434 e. The van der Waals surface area contributed by atoms with Crippen LogP contribution in [0.15, 0.2) is 16.6 Å². The lowest BCUT2D eigenvalue weighted by molar-refractivity contribution is -0.140. The predicted octanol–water partition coefficient (Wildman–Crippen LogP) is 3.45. The molecule has 0 unspecified atom stereocenters. The molecule has 0 saturated heterocycles. The van der Waals surface area contributed by atoms with Crippen LogP contribution < -0.4 is 10.6 Å². The van der Waals surface area contributed by atoms with Crippen molar-refractivity contribution in [1.29, 1.82) is 0 Å². The highest BCUT2D eigenvalue weighted by Crippen LogP contribution is 2.29. The molecule has 0 bridgehead atoms. The van der Waals surface area contributed by atoms with E-state index in [2.05, 4.69) is 25.6 Å². The first-order valence-electron chi connectivity index (χ1n) is 6.76. The maximum absolute atomic E-state index is 12.5. The van der Waals surface area contributed by atoms with E-state index < -0.39 is 11.9 Å². The molecule has 0 amide bonds. The van der Waals surface area contributed by atoms with Crippen molar-refractivity contribution in [2.75, 3.05) is 13.6 Å². The Morgan fingerprint density at radius 1 is 1.29 bits per heavy atom. The topological polar surface area (TPSA) is 62.2 Å². The van der Waals surface area contributed by atoms with Gasteiger partial charge in [0, 0.05) is 36.5 Å². The molecule has 134 valence electrons. The van der Waals surface area contributed by atoms with E-state index in [-0.39, 0.29) is 24.0 Å². The van der Waals surface area contributed by atoms with Gasteiger partial charge in [0.05, 0.1) is 11.6 Å². The predicted molar refractivity (Wildman–Crippen MR) is 101 cm³/mol. The third kappa shape index (κ3) is 6.51. The standard InChI is InChI=1S/C13H16F3N5S2.HI/c1-8-5-19-11(23-8)6-20-12(17-2)18-4-3-10-21-9(7-22-10)13(14,15)16;/h5,7H,3-4,6H2,1-2H3,(H2,17,18,20);1H. The van der Waals surface area contributed by atoms with Gasteiger partial charge in [-0.25, -0.2) is 9.97 Å². The van der Waals surface area contributed by atoms with Crippen molar-refractivity contribution >= 4 is 52.6 Å². The van der Waals surface area contributed by atoms with E-state index in [4.69, 9.17) is 0 Å². The van der Waals surface area contributed by atoms with Gasteiger partial charge in [0.15, 0.2) is 11.7 Å². The van der Waals surface area contributed by atoms with Gasteiger partial charge in [-0.05, 0) is 6.92 Å². The Hall–Kier alpha value is -0.950. The number of alkyl halides is 3. The van der Waals surface area contributed by atoms with E-state index in [1.807, 2.05) is 6.92 Å². The zero-order chi connectivity index (χ0) is 16.9. The average molecular weight is 491 g/mol. The van der Waals surface area contributed by atoms with E-state index in [0.717, 1.165) is 26.6 Å². The fourth-order valence-corrected chi connectivity index (χ4v) is 3.24. The van der Waals surface area contributed by atoms with Crippen LogP contribution in [0.5, 0.6) is 0 Å². The van der Waals surface area contributed by atoms with Crippen LogP contribution in [0.25, 0.3) is 0 Å². The molecule has 2 rings (SSSR count). The number of thiazole rings is 2. The van der Waals surface area contributed by atoms with Crippen molar-refractivity contribution in [3.63, 3.8) is 0 Å². The van der Waals surface area contributed by atoms with Crippen LogP contribution in [-0.4, -0.2) is 29.5 Å². The number of guanidine groups is 1. The van der Waals surface area contributed by atoms with Gasteiger partial charge < -0.3 is 10.6 Å². The van der Waals surface area contributed by atoms with Crippen LogP contribution in [0.4, 0.5) is 13.2 Å². The summed E-state index contributed by atoms with van der Waals surface area (Å²) in [6.07, 6.45) is -2.18. The SMILES string of the molecule is CN=C(NCCc1nc(C(F)(F)F)cs1)NCc1ncc(C)s1.I. The molecular weight excluding hydrogens is 474 g/mol. The minimum Gasteiger partial charge on any atom is -0.356 e. The molecule has 0 aliphatic heterocycles. The van der Waals surface area contributed by atoms with E-state index in [1.54, 1.807) is 24.6 Å². The van der Waals surface area contributed by atoms with Crippen LogP contribution in [-0.2, 0) is 19.1 Å². The molecule has 2 aromatic heterocycles. The molecule has 0 fully saturated rings. The Morgan fingerprint density at radius 2 is 2.04 bits per heavy atom. The van der Waals surface area contributed by atoms with Crippen LogP contribution in [0, 0.1) is 6.92 Å². The number of aryl methyl sites for hydroxylation is 1. The second kappa shape index (κ2) is 9.51. The summed E-state index contributed by atoms with van der Waals surface area (Å²) in [6, 6.07) is 0. The summed E-state index contributed by atoms with van der Waals surface area (Å²) in [5, 5.41) is 8.57. The molecule has 5 nitrogen and oxygen atoms in total. The fourth-order valence-electron chi connectivity index (χ4n) is 1.71. The normalized spacial score (nSPS) is 12.0. The number of hydrogen-bond acceptors (Lipinski definition) is 5. The van der Waals surface area contributed by atoms with Crippen molar-refractivity contribution in [2.45, 2.75) is 26.1 Å². The summed E-state index contributed by atoms with van der Waals surface area (Å²) in [7, 11) is 1.63. The quantitative estimate of drug-likeness (QED) is 0.382. The molecule has 2 heterocycles. The lowest BCUT2D eigenvalue weighted by Gasteiger charge is -2.10. The van der Waals surface area contributed by atoms with Gasteiger partial charge in [-0.1, -0.05) is 0 Å². The number of aromatic nitrogens is 2. The van der Waals surface area contributed by atoms with Crippen LogP contribution >= 0.6 is 46.7 Å². The Morgan fingerprint density at radius 3 is 2.58 bits per heavy atom. The first kappa shape index (κ1) is 21.1. The van der Waals surface area contributed by atoms with Crippen molar-refractivity contribution in [3.8, 4) is 0 Å². The third-order valence-electron chi connectivity index (χ3n) is 2.77. The summed E-state index contributed by atoms with van der Waals surface area (Å²) < 4.78 is 37.4. The molecule has 0 atom stereocenters. The highest BCUT2D eigenvalue weighted by Gasteiger charge is 2.33. The third-order valence-corrected chi connectivity index (χ3v) is 4.59. The smallest absolute Gasteiger partial charge is 0.356 e. The summed E-state index contributed by atoms with van der Waals surface area (Å²) in [4.78, 5) is 13.0. The van der Waals surface area contributed by atoms with Crippen molar-refractivity contribution < 1.29 is 13.2 Å². The molecule has 0 aromatic carbocycles. The molecule has 0 spiro atoms. The number of nitrogens with zero attached hydrogens (tertiary/aromatic N) is 3. The minimum atomic E-state index is -4.38. The monoisotopic (exact) mass is 491 g/mol. The summed E-state index contributed by atoms with van der Waals surface area (Å²) in [5.74, 6) is 0.574. The van der Waals surface area contributed by atoms with Crippen molar-refractivity contribution in [3.05, 3.63) is 32.2 Å². The number of aliphatic imine (C=N–C) groups is 1. The molecule has 0 radical (unpaired) electrons. The molecule has 2 aromatic rings. The van der Waals surface area contributed by atoms with Crippen LogP contribution in [0.2, 0.25) is 0 Å². The molecule has 0 aliphatic carbocycles. The van der Waals surface area contributed by atoms with Gasteiger partial charge in [0.25, 0.3) is 0 Å². The van der Waals surface area contributed by atoms with E-state index >= 15 is 0 Å². The van der Waals surface area contributed by atoms with Gasteiger partial charge in [-0.2, -0.15) is 13.2 Å². The lowest BCUT2D eigenvalue weighted by atomic mass is 10.4. The largest absolute Gasteiger partial charge is 0.434 e. The Balaban J connectivity index is 0.00000288. The van der Waals surface area contributed by atoms with Gasteiger partial charge in [0.2, 0.25) is 0 Å². The maximum atomic E-state index is 12.5. The Bertz CT molecular complexity index is 669. The zero-order valence-corrected chi connectivity index (χ0v) is 16.9. The molecule has 0 saturated carbocycles. The first-order valence-corrected chi connectivity index (χ1v) is 8.45. The highest BCUT2D eigenvalue weighted by atomic mass is 127. The summed E-state index contributed by atoms with van der Waals surface area (Å²) >= 11 is 2.60. The number of rotatable bonds is 5. The average Bonchev–Trinajstić information content (AvgIpc) is 3.11. The number of nitrogens with one attached hydrogen (secondary N) is 2. The summed E-state index contributed by atoms with van der Waals surface area (Å²) in [6.45, 7) is 2.98. The highest BCUT2D eigenvalue weighted by molar-refractivity contribution is 14.0. The van der Waals surface area contributed by atoms with Gasteiger partial charge in [-0.15, -0.1) is 46.7 Å². The number of halogens is 4. The van der Waals surface area contributed by atoms with E-state index in [1.165, 1.54) is 0 Å². The second-order valence-electron chi connectivity index (χ2n) is 4.59. The fraction of sp³-hybridized carbons (Fsp3) is 0.462. The molecule has 2 N–H and O–H groups in total. The van der Waals surface area contributed by atoms with Crippen molar-refractivity contribution in [2.24, 2.45) is 4.99 Å². The van der Waals surface area contributed by atoms with Gasteiger partial charge in [0.1, 0.15) is 5.01 Å². The zero-order valence-electron chi connectivity index (χ0n) is 13.0. The lowest BCUT2D eigenvalue weighted by Crippen LogP contribution is -2.37.